The molecule has 0 saturated carbocycles. The Kier molecular flexibility index (Phi) is 6.72. The van der Waals surface area contributed by atoms with Gasteiger partial charge in [0, 0.05) is 37.6 Å². The van der Waals surface area contributed by atoms with E-state index in [-0.39, 0.29) is 12.1 Å². The lowest BCUT2D eigenvalue weighted by Crippen LogP contribution is -2.50. The SMILES string of the molecule is CCN(CC)C(CNC(=O)N1CCn2cccc2C1C)CC(C)C. The van der Waals surface area contributed by atoms with Crippen LogP contribution in [0.3, 0.4) is 0 Å². The van der Waals surface area contributed by atoms with E-state index < -0.39 is 0 Å². The molecule has 5 nitrogen and oxygen atoms in total. The Hall–Kier alpha value is -1.49. The number of aromatic nitrogens is 1. The molecule has 1 N–H and O–H groups in total. The van der Waals surface area contributed by atoms with Gasteiger partial charge in [0.15, 0.2) is 0 Å². The van der Waals surface area contributed by atoms with Crippen molar-refractivity contribution >= 4 is 6.03 Å². The van der Waals surface area contributed by atoms with Crippen LogP contribution in [0.25, 0.3) is 0 Å². The van der Waals surface area contributed by atoms with Crippen LogP contribution < -0.4 is 5.32 Å². The fourth-order valence-electron chi connectivity index (χ4n) is 3.81. The number of likely N-dealkylation sites (N-methyl/N-ethyl adjacent to an activating group) is 1. The molecule has 1 aliphatic rings. The van der Waals surface area contributed by atoms with Crippen molar-refractivity contribution in [1.29, 1.82) is 0 Å². The molecule has 2 heterocycles. The summed E-state index contributed by atoms with van der Waals surface area (Å²) in [4.78, 5) is 17.1. The van der Waals surface area contributed by atoms with Crippen LogP contribution in [0.2, 0.25) is 0 Å². The molecular formula is C19H34N4O. The summed E-state index contributed by atoms with van der Waals surface area (Å²) in [5, 5.41) is 3.20. The third-order valence-corrected chi connectivity index (χ3v) is 5.16. The maximum atomic E-state index is 12.7. The fourth-order valence-corrected chi connectivity index (χ4v) is 3.81. The third kappa shape index (κ3) is 4.32. The van der Waals surface area contributed by atoms with E-state index in [1.165, 1.54) is 5.69 Å². The zero-order valence-electron chi connectivity index (χ0n) is 16.0. The molecule has 0 saturated heterocycles. The first kappa shape index (κ1) is 18.8. The highest BCUT2D eigenvalue weighted by molar-refractivity contribution is 5.74. The number of carbonyl (C=O) groups excluding carboxylic acids is 1. The van der Waals surface area contributed by atoms with Crippen LogP contribution in [0.5, 0.6) is 0 Å². The molecule has 0 fully saturated rings. The first-order valence-corrected chi connectivity index (χ1v) is 9.41. The monoisotopic (exact) mass is 334 g/mol. The molecule has 136 valence electrons. The van der Waals surface area contributed by atoms with Gasteiger partial charge in [-0.15, -0.1) is 0 Å². The minimum atomic E-state index is 0.0656. The maximum Gasteiger partial charge on any atom is 0.318 e. The van der Waals surface area contributed by atoms with Gasteiger partial charge >= 0.3 is 6.03 Å². The van der Waals surface area contributed by atoms with Crippen LogP contribution in [0.1, 0.15) is 52.8 Å². The fraction of sp³-hybridized carbons (Fsp3) is 0.737. The Morgan fingerprint density at radius 2 is 2.04 bits per heavy atom. The molecule has 2 amide bonds. The van der Waals surface area contributed by atoms with E-state index in [2.05, 4.69) is 67.7 Å². The quantitative estimate of drug-likeness (QED) is 0.831. The van der Waals surface area contributed by atoms with Crippen molar-refractivity contribution in [2.24, 2.45) is 5.92 Å². The van der Waals surface area contributed by atoms with Crippen LogP contribution >= 0.6 is 0 Å². The second-order valence-corrected chi connectivity index (χ2v) is 7.19. The van der Waals surface area contributed by atoms with Gasteiger partial charge in [-0.3, -0.25) is 4.90 Å². The highest BCUT2D eigenvalue weighted by Gasteiger charge is 2.28. The van der Waals surface area contributed by atoms with E-state index in [9.17, 15) is 4.79 Å². The first-order chi connectivity index (χ1) is 11.5. The second kappa shape index (κ2) is 8.56. The standard InChI is InChI=1S/C19H34N4O/c1-6-21(7-2)17(13-15(3)4)14-20-19(24)23-12-11-22-10-8-9-18(22)16(23)5/h8-10,15-17H,6-7,11-14H2,1-5H3,(H,20,24). The van der Waals surface area contributed by atoms with Crippen LogP contribution in [0.4, 0.5) is 4.79 Å². The Morgan fingerprint density at radius 1 is 1.33 bits per heavy atom. The molecule has 1 aromatic heterocycles. The third-order valence-electron chi connectivity index (χ3n) is 5.16. The van der Waals surface area contributed by atoms with Crippen molar-refractivity contribution in [1.82, 2.24) is 19.7 Å². The number of carbonyl (C=O) groups is 1. The molecule has 2 unspecified atom stereocenters. The summed E-state index contributed by atoms with van der Waals surface area (Å²) in [5.41, 5.74) is 1.22. The van der Waals surface area contributed by atoms with Gasteiger partial charge < -0.3 is 14.8 Å². The predicted molar refractivity (Wildman–Crippen MR) is 99.1 cm³/mol. The highest BCUT2D eigenvalue weighted by Crippen LogP contribution is 2.25. The number of amides is 2. The number of fused-ring (bicyclic) bond motifs is 1. The number of nitrogens with zero attached hydrogens (tertiary/aromatic N) is 3. The van der Waals surface area contributed by atoms with Gasteiger partial charge in [0.05, 0.1) is 6.04 Å². The Labute approximate surface area is 147 Å². The first-order valence-electron chi connectivity index (χ1n) is 9.41. The van der Waals surface area contributed by atoms with Gasteiger partial charge in [0.1, 0.15) is 0 Å². The summed E-state index contributed by atoms with van der Waals surface area (Å²) in [7, 11) is 0. The minimum Gasteiger partial charge on any atom is -0.348 e. The molecule has 0 bridgehead atoms. The summed E-state index contributed by atoms with van der Waals surface area (Å²) in [6, 6.07) is 4.78. The average Bonchev–Trinajstić information content (AvgIpc) is 3.02. The molecule has 24 heavy (non-hydrogen) atoms. The Bertz CT molecular complexity index is 521. The van der Waals surface area contributed by atoms with Gasteiger partial charge in [0.25, 0.3) is 0 Å². The average molecular weight is 335 g/mol. The molecule has 2 rings (SSSR count). The van der Waals surface area contributed by atoms with Crippen LogP contribution in [-0.4, -0.2) is 52.6 Å². The maximum absolute atomic E-state index is 12.7. The van der Waals surface area contributed by atoms with Crippen molar-refractivity contribution in [2.45, 2.75) is 59.7 Å². The molecule has 1 aliphatic heterocycles. The second-order valence-electron chi connectivity index (χ2n) is 7.19. The summed E-state index contributed by atoms with van der Waals surface area (Å²) < 4.78 is 2.24. The Balaban J connectivity index is 1.95. The zero-order valence-corrected chi connectivity index (χ0v) is 16.0. The molecular weight excluding hydrogens is 300 g/mol. The van der Waals surface area contributed by atoms with Gasteiger partial charge in [-0.2, -0.15) is 0 Å². The zero-order chi connectivity index (χ0) is 17.7. The van der Waals surface area contributed by atoms with Crippen molar-refractivity contribution in [3.8, 4) is 0 Å². The van der Waals surface area contributed by atoms with E-state index in [0.29, 0.717) is 12.0 Å². The van der Waals surface area contributed by atoms with Crippen LogP contribution in [0.15, 0.2) is 18.3 Å². The van der Waals surface area contributed by atoms with Gasteiger partial charge in [-0.25, -0.2) is 4.79 Å². The lowest BCUT2D eigenvalue weighted by Gasteiger charge is -2.36. The van der Waals surface area contributed by atoms with Gasteiger partial charge in [-0.1, -0.05) is 27.7 Å². The summed E-state index contributed by atoms with van der Waals surface area (Å²) in [5.74, 6) is 0.629. The smallest absolute Gasteiger partial charge is 0.318 e. The molecule has 0 radical (unpaired) electrons. The highest BCUT2D eigenvalue weighted by atomic mass is 16.2. The van der Waals surface area contributed by atoms with E-state index >= 15 is 0 Å². The summed E-state index contributed by atoms with van der Waals surface area (Å²) >= 11 is 0. The van der Waals surface area contributed by atoms with Crippen molar-refractivity contribution in [3.63, 3.8) is 0 Å². The van der Waals surface area contributed by atoms with Gasteiger partial charge in [-0.05, 0) is 44.5 Å². The number of nitrogens with one attached hydrogen (secondary N) is 1. The van der Waals surface area contributed by atoms with Crippen LogP contribution in [0, 0.1) is 5.92 Å². The largest absolute Gasteiger partial charge is 0.348 e. The molecule has 0 aliphatic carbocycles. The number of urea groups is 1. The van der Waals surface area contributed by atoms with Crippen molar-refractivity contribution in [3.05, 3.63) is 24.0 Å². The predicted octanol–water partition coefficient (Wildman–Crippen LogP) is 3.33. The molecule has 2 atom stereocenters. The van der Waals surface area contributed by atoms with E-state index in [1.807, 2.05) is 4.90 Å². The van der Waals surface area contributed by atoms with Crippen molar-refractivity contribution < 1.29 is 4.79 Å². The van der Waals surface area contributed by atoms with Crippen molar-refractivity contribution in [2.75, 3.05) is 26.2 Å². The number of rotatable bonds is 7. The van der Waals surface area contributed by atoms with E-state index in [0.717, 1.165) is 39.1 Å². The van der Waals surface area contributed by atoms with Gasteiger partial charge in [0.2, 0.25) is 0 Å². The summed E-state index contributed by atoms with van der Waals surface area (Å²) in [6.45, 7) is 15.4. The normalized spacial score (nSPS) is 18.8. The lowest BCUT2D eigenvalue weighted by atomic mass is 10.0. The van der Waals surface area contributed by atoms with E-state index in [1.54, 1.807) is 0 Å². The lowest BCUT2D eigenvalue weighted by molar-refractivity contribution is 0.150. The molecule has 1 aromatic rings. The molecule has 0 spiro atoms. The topological polar surface area (TPSA) is 40.5 Å². The van der Waals surface area contributed by atoms with Crippen LogP contribution in [-0.2, 0) is 6.54 Å². The Morgan fingerprint density at radius 3 is 2.67 bits per heavy atom. The van der Waals surface area contributed by atoms with E-state index in [4.69, 9.17) is 0 Å². The number of hydrogen-bond acceptors (Lipinski definition) is 2. The number of hydrogen-bond donors (Lipinski definition) is 1. The molecule has 0 aromatic carbocycles. The molecule has 5 heteroatoms. The summed E-state index contributed by atoms with van der Waals surface area (Å²) in [6.07, 6.45) is 3.21. The minimum absolute atomic E-state index is 0.0656.